The Morgan fingerprint density at radius 2 is 2.00 bits per heavy atom. The molecule has 132 valence electrons. The lowest BCUT2D eigenvalue weighted by atomic mass is 9.94. The van der Waals surface area contributed by atoms with E-state index in [1.807, 2.05) is 17.0 Å². The molecule has 5 nitrogen and oxygen atoms in total. The number of nitrogens with one attached hydrogen (secondary N) is 1. The third-order valence-electron chi connectivity index (χ3n) is 5.72. The van der Waals surface area contributed by atoms with Gasteiger partial charge in [0.25, 0.3) is 0 Å². The molecule has 25 heavy (non-hydrogen) atoms. The van der Waals surface area contributed by atoms with E-state index < -0.39 is 0 Å². The van der Waals surface area contributed by atoms with Crippen molar-refractivity contribution in [2.24, 2.45) is 0 Å². The maximum absolute atomic E-state index is 12.7. The number of hydrogen-bond donors (Lipinski definition) is 1. The van der Waals surface area contributed by atoms with Crippen LogP contribution in [0.4, 0.5) is 0 Å². The van der Waals surface area contributed by atoms with E-state index >= 15 is 0 Å². The molecule has 1 aromatic rings. The Morgan fingerprint density at radius 1 is 1.24 bits per heavy atom. The molecule has 3 fully saturated rings. The van der Waals surface area contributed by atoms with Crippen LogP contribution in [-0.4, -0.2) is 46.4 Å². The van der Waals surface area contributed by atoms with Crippen molar-refractivity contribution >= 4 is 29.1 Å². The van der Waals surface area contributed by atoms with Gasteiger partial charge in [0.15, 0.2) is 6.19 Å². The normalized spacial score (nSPS) is 30.8. The number of nitriles is 1. The van der Waals surface area contributed by atoms with E-state index in [-0.39, 0.29) is 24.0 Å². The van der Waals surface area contributed by atoms with Crippen molar-refractivity contribution in [1.29, 1.82) is 5.26 Å². The van der Waals surface area contributed by atoms with Gasteiger partial charge in [-0.05, 0) is 49.4 Å². The predicted molar refractivity (Wildman–Crippen MR) is 96.1 cm³/mol. The van der Waals surface area contributed by atoms with E-state index in [1.165, 1.54) is 0 Å². The van der Waals surface area contributed by atoms with Crippen LogP contribution in [0.5, 0.6) is 0 Å². The topological polar surface area (TPSA) is 59.4 Å². The molecule has 3 heterocycles. The number of hydrogen-bond acceptors (Lipinski definition) is 4. The summed E-state index contributed by atoms with van der Waals surface area (Å²) in [5.41, 5.74) is 1.02. The van der Waals surface area contributed by atoms with Gasteiger partial charge in [-0.3, -0.25) is 9.69 Å². The van der Waals surface area contributed by atoms with Gasteiger partial charge in [0.05, 0.1) is 18.1 Å². The number of rotatable bonds is 4. The highest BCUT2D eigenvalue weighted by atomic mass is 35.5. The lowest BCUT2D eigenvalue weighted by Crippen LogP contribution is -2.58. The first-order valence-electron chi connectivity index (χ1n) is 8.72. The molecule has 0 radical (unpaired) electrons. The molecule has 1 aromatic carbocycles. The van der Waals surface area contributed by atoms with Crippen LogP contribution < -0.4 is 5.32 Å². The van der Waals surface area contributed by atoms with Crippen LogP contribution in [-0.2, 0) is 11.3 Å². The zero-order valence-electron chi connectivity index (χ0n) is 13.8. The maximum atomic E-state index is 12.7. The second-order valence-electron chi connectivity index (χ2n) is 7.21. The van der Waals surface area contributed by atoms with Gasteiger partial charge in [-0.2, -0.15) is 5.26 Å². The van der Waals surface area contributed by atoms with Gasteiger partial charge in [0.2, 0.25) is 5.91 Å². The molecule has 0 unspecified atom stereocenters. The van der Waals surface area contributed by atoms with E-state index in [0.29, 0.717) is 22.6 Å². The molecule has 2 bridgehead atoms. The number of carbonyl (C=O) groups excluding carboxylic acids is 1. The van der Waals surface area contributed by atoms with Gasteiger partial charge in [-0.1, -0.05) is 23.2 Å². The summed E-state index contributed by atoms with van der Waals surface area (Å²) in [6, 6.07) is 5.98. The van der Waals surface area contributed by atoms with Crippen LogP contribution in [0.3, 0.4) is 0 Å². The number of fused-ring (bicyclic) bond motifs is 2. The summed E-state index contributed by atoms with van der Waals surface area (Å²) < 4.78 is 0. The number of halogens is 2. The molecule has 3 saturated heterocycles. The Hall–Kier alpha value is -1.48. The minimum Gasteiger partial charge on any atom is -0.350 e. The van der Waals surface area contributed by atoms with Gasteiger partial charge < -0.3 is 10.2 Å². The summed E-state index contributed by atoms with van der Waals surface area (Å²) in [6.07, 6.45) is 6.10. The van der Waals surface area contributed by atoms with Gasteiger partial charge >= 0.3 is 0 Å². The summed E-state index contributed by atoms with van der Waals surface area (Å²) >= 11 is 12.1. The summed E-state index contributed by atoms with van der Waals surface area (Å²) in [5, 5.41) is 13.7. The average Bonchev–Trinajstić information content (AvgIpc) is 3.07. The molecular formula is C18H20Cl2N4O. The zero-order chi connectivity index (χ0) is 17.6. The lowest BCUT2D eigenvalue weighted by Gasteiger charge is -2.40. The highest BCUT2D eigenvalue weighted by molar-refractivity contribution is 6.34. The molecule has 0 spiro atoms. The average molecular weight is 379 g/mol. The smallest absolute Gasteiger partial charge is 0.237 e. The standard InChI is InChI=1S/C18H20Cl2N4O/c19-12-5-11(6-13(20)7-12)9-23-4-3-17(23)18(25)22-15-8-14-1-2-16(15)24(14)10-21/h5-7,14-17H,1-4,8-9H2,(H,22,25)/t14-,15+,16+,17-/m0/s1. The number of benzene rings is 1. The molecule has 0 saturated carbocycles. The van der Waals surface area contributed by atoms with Crippen LogP contribution in [0.1, 0.15) is 31.2 Å². The minimum absolute atomic E-state index is 0.0785. The Morgan fingerprint density at radius 3 is 2.60 bits per heavy atom. The number of carbonyl (C=O) groups is 1. The number of likely N-dealkylation sites (tertiary alicyclic amines) is 1. The van der Waals surface area contributed by atoms with E-state index in [1.54, 1.807) is 6.07 Å². The lowest BCUT2D eigenvalue weighted by molar-refractivity contribution is -0.132. The van der Waals surface area contributed by atoms with E-state index in [9.17, 15) is 10.1 Å². The van der Waals surface area contributed by atoms with Crippen LogP contribution in [0.2, 0.25) is 10.0 Å². The summed E-state index contributed by atoms with van der Waals surface area (Å²) in [4.78, 5) is 16.7. The molecule has 3 aliphatic rings. The van der Waals surface area contributed by atoms with Crippen molar-refractivity contribution in [3.63, 3.8) is 0 Å². The van der Waals surface area contributed by atoms with Gasteiger partial charge in [-0.25, -0.2) is 0 Å². The molecular weight excluding hydrogens is 359 g/mol. The monoisotopic (exact) mass is 378 g/mol. The van der Waals surface area contributed by atoms with Crippen molar-refractivity contribution < 1.29 is 4.79 Å². The van der Waals surface area contributed by atoms with E-state index in [2.05, 4.69) is 16.4 Å². The summed E-state index contributed by atoms with van der Waals surface area (Å²) in [7, 11) is 0. The zero-order valence-corrected chi connectivity index (χ0v) is 15.3. The Kier molecular flexibility index (Phi) is 4.53. The Labute approximate surface area is 157 Å². The maximum Gasteiger partial charge on any atom is 0.237 e. The van der Waals surface area contributed by atoms with Crippen LogP contribution >= 0.6 is 23.2 Å². The summed E-state index contributed by atoms with van der Waals surface area (Å²) in [5.74, 6) is 0.0785. The number of nitrogens with zero attached hydrogens (tertiary/aromatic N) is 3. The number of amides is 1. The fourth-order valence-electron chi connectivity index (χ4n) is 4.44. The van der Waals surface area contributed by atoms with E-state index in [0.717, 1.165) is 37.8 Å². The SMILES string of the molecule is N#CN1[C@H]2CC[C@@H]1[C@H](NC(=O)[C@@H]1CCN1Cc1cc(Cl)cc(Cl)c1)C2. The summed E-state index contributed by atoms with van der Waals surface area (Å²) in [6.45, 7) is 1.56. The molecule has 0 aromatic heterocycles. The quantitative estimate of drug-likeness (QED) is 0.818. The van der Waals surface area contributed by atoms with Crippen molar-refractivity contribution in [3.8, 4) is 6.19 Å². The van der Waals surface area contributed by atoms with Crippen LogP contribution in [0.15, 0.2) is 18.2 Å². The first-order valence-corrected chi connectivity index (χ1v) is 9.48. The fourth-order valence-corrected chi connectivity index (χ4v) is 5.01. The van der Waals surface area contributed by atoms with Gasteiger partial charge in [0, 0.05) is 29.2 Å². The fraction of sp³-hybridized carbons (Fsp3) is 0.556. The first-order chi connectivity index (χ1) is 12.0. The highest BCUT2D eigenvalue weighted by Crippen LogP contribution is 2.37. The first kappa shape index (κ1) is 17.0. The van der Waals surface area contributed by atoms with Gasteiger partial charge in [-0.15, -0.1) is 0 Å². The molecule has 7 heteroatoms. The van der Waals surface area contributed by atoms with Gasteiger partial charge in [0.1, 0.15) is 0 Å². The molecule has 0 aliphatic carbocycles. The van der Waals surface area contributed by atoms with Crippen molar-refractivity contribution in [2.45, 2.75) is 56.4 Å². The van der Waals surface area contributed by atoms with Crippen molar-refractivity contribution in [2.75, 3.05) is 6.54 Å². The Balaban J connectivity index is 1.36. The third kappa shape index (κ3) is 3.19. The highest BCUT2D eigenvalue weighted by Gasteiger charge is 2.47. The minimum atomic E-state index is -0.104. The molecule has 4 atom stereocenters. The largest absolute Gasteiger partial charge is 0.350 e. The second-order valence-corrected chi connectivity index (χ2v) is 8.08. The molecule has 3 aliphatic heterocycles. The van der Waals surface area contributed by atoms with Crippen LogP contribution in [0.25, 0.3) is 0 Å². The van der Waals surface area contributed by atoms with E-state index in [4.69, 9.17) is 23.2 Å². The molecule has 1 N–H and O–H groups in total. The van der Waals surface area contributed by atoms with Crippen molar-refractivity contribution in [3.05, 3.63) is 33.8 Å². The third-order valence-corrected chi connectivity index (χ3v) is 6.16. The molecule has 1 amide bonds. The molecule has 4 rings (SSSR count). The predicted octanol–water partition coefficient (Wildman–Crippen LogP) is 2.77. The second kappa shape index (κ2) is 6.68. The van der Waals surface area contributed by atoms with Crippen LogP contribution in [0, 0.1) is 11.5 Å². The van der Waals surface area contributed by atoms with Crippen molar-refractivity contribution in [1.82, 2.24) is 15.1 Å². The Bertz CT molecular complexity index is 714.